The van der Waals surface area contributed by atoms with E-state index in [9.17, 15) is 9.90 Å². The van der Waals surface area contributed by atoms with Gasteiger partial charge in [-0.25, -0.2) is 4.39 Å². The van der Waals surface area contributed by atoms with E-state index in [-0.39, 0.29) is 18.3 Å². The average molecular weight is 491 g/mol. The fraction of sp³-hybridized carbons (Fsp3) is 0.345. The molecule has 1 unspecified atom stereocenters. The molecule has 1 aliphatic carbocycles. The molecule has 188 valence electrons. The van der Waals surface area contributed by atoms with Crippen LogP contribution in [0.3, 0.4) is 0 Å². The lowest BCUT2D eigenvalue weighted by atomic mass is 9.93. The molecule has 0 bridgehead atoms. The van der Waals surface area contributed by atoms with E-state index in [0.29, 0.717) is 52.7 Å². The van der Waals surface area contributed by atoms with Gasteiger partial charge in [0.25, 0.3) is 0 Å². The van der Waals surface area contributed by atoms with Gasteiger partial charge in [-0.15, -0.1) is 0 Å². The van der Waals surface area contributed by atoms with E-state index in [2.05, 4.69) is 5.32 Å². The van der Waals surface area contributed by atoms with E-state index in [1.54, 1.807) is 37.3 Å². The lowest BCUT2D eigenvalue weighted by Crippen LogP contribution is -2.21. The summed E-state index contributed by atoms with van der Waals surface area (Å²) < 4.78 is 28.0. The smallest absolute Gasteiger partial charge is 0.307 e. The molecule has 1 fully saturated rings. The second kappa shape index (κ2) is 10.2. The van der Waals surface area contributed by atoms with Crippen LogP contribution in [0.4, 0.5) is 10.1 Å². The highest BCUT2D eigenvalue weighted by Crippen LogP contribution is 2.45. The molecule has 3 aromatic rings. The Morgan fingerprint density at radius 3 is 2.75 bits per heavy atom. The fourth-order valence-corrected chi connectivity index (χ4v) is 4.67. The van der Waals surface area contributed by atoms with Crippen LogP contribution in [0.1, 0.15) is 55.0 Å². The average Bonchev–Trinajstić information content (AvgIpc) is 3.68. The number of nitrogens with two attached hydrogens (primary N) is 1. The van der Waals surface area contributed by atoms with Gasteiger partial charge in [0, 0.05) is 41.3 Å². The van der Waals surface area contributed by atoms with Gasteiger partial charge < -0.3 is 25.6 Å². The van der Waals surface area contributed by atoms with Crippen molar-refractivity contribution >= 4 is 11.7 Å². The van der Waals surface area contributed by atoms with Crippen LogP contribution in [-0.4, -0.2) is 24.2 Å². The van der Waals surface area contributed by atoms with Crippen molar-refractivity contribution in [1.82, 2.24) is 0 Å². The van der Waals surface area contributed by atoms with Gasteiger partial charge in [0.05, 0.1) is 18.7 Å². The Morgan fingerprint density at radius 2 is 2.00 bits per heavy atom. The number of para-hydroxylation sites is 1. The molecule has 5 rings (SSSR count). The topological polar surface area (TPSA) is 93.8 Å². The third-order valence-electron chi connectivity index (χ3n) is 6.78. The number of ether oxygens (including phenoxy) is 2. The Kier molecular flexibility index (Phi) is 6.83. The molecule has 0 aromatic heterocycles. The second-order valence-electron chi connectivity index (χ2n) is 9.69. The number of hydrogen-bond donors (Lipinski definition) is 3. The first-order valence-corrected chi connectivity index (χ1v) is 12.5. The van der Waals surface area contributed by atoms with Crippen LogP contribution < -0.4 is 20.5 Å². The van der Waals surface area contributed by atoms with Crippen LogP contribution in [0, 0.1) is 11.7 Å². The summed E-state index contributed by atoms with van der Waals surface area (Å²) in [5.41, 5.74) is 9.89. The van der Waals surface area contributed by atoms with Crippen molar-refractivity contribution in [3.05, 3.63) is 77.1 Å². The first-order chi connectivity index (χ1) is 17.4. The van der Waals surface area contributed by atoms with Crippen molar-refractivity contribution in [2.24, 2.45) is 11.7 Å². The Morgan fingerprint density at radius 1 is 1.19 bits per heavy atom. The molecule has 1 saturated carbocycles. The Bertz CT molecular complexity index is 1270. The molecule has 0 amide bonds. The second-order valence-corrected chi connectivity index (χ2v) is 9.69. The largest absolute Gasteiger partial charge is 0.491 e. The zero-order valence-electron chi connectivity index (χ0n) is 20.3. The summed E-state index contributed by atoms with van der Waals surface area (Å²) in [4.78, 5) is 11.4. The number of rotatable bonds is 9. The monoisotopic (exact) mass is 490 g/mol. The number of fused-ring (bicyclic) bond motifs is 1. The van der Waals surface area contributed by atoms with Crippen molar-refractivity contribution < 1.29 is 23.8 Å². The summed E-state index contributed by atoms with van der Waals surface area (Å²) in [6, 6.07) is 15.9. The molecule has 6 nitrogen and oxygen atoms in total. The number of benzene rings is 3. The molecule has 1 heterocycles. The van der Waals surface area contributed by atoms with E-state index in [0.717, 1.165) is 17.8 Å². The molecule has 4 N–H and O–H groups in total. The molecule has 36 heavy (non-hydrogen) atoms. The van der Waals surface area contributed by atoms with Gasteiger partial charge in [0.1, 0.15) is 23.4 Å². The van der Waals surface area contributed by atoms with Crippen molar-refractivity contribution in [2.45, 2.75) is 44.8 Å². The molecular formula is C29H31FN2O4. The summed E-state index contributed by atoms with van der Waals surface area (Å²) in [5.74, 6) is 0.621. The fourth-order valence-electron chi connectivity index (χ4n) is 4.67. The van der Waals surface area contributed by atoms with Gasteiger partial charge in [0.2, 0.25) is 0 Å². The highest BCUT2D eigenvalue weighted by atomic mass is 19.1. The van der Waals surface area contributed by atoms with E-state index in [1.807, 2.05) is 24.3 Å². The summed E-state index contributed by atoms with van der Waals surface area (Å²) in [7, 11) is 0. The highest BCUT2D eigenvalue weighted by Gasteiger charge is 2.29. The van der Waals surface area contributed by atoms with Crippen LogP contribution in [0.5, 0.6) is 11.5 Å². The van der Waals surface area contributed by atoms with Crippen molar-refractivity contribution in [2.75, 3.05) is 18.5 Å². The number of hydrogen-bond acceptors (Lipinski definition) is 5. The minimum atomic E-state index is -0.920. The van der Waals surface area contributed by atoms with Gasteiger partial charge >= 0.3 is 5.97 Å². The van der Waals surface area contributed by atoms with Crippen LogP contribution >= 0.6 is 0 Å². The molecule has 7 heteroatoms. The number of carboxylic acid groups (broad SMARTS) is 1. The SMILES string of the molecule is C[C@@H](N)c1cccc(-c2cc(NCC3CC3)c3c(c2)C(Oc2ccccc2CC(=O)O)CCO3)c1F. The quantitative estimate of drug-likeness (QED) is 0.348. The Labute approximate surface area is 210 Å². The zero-order chi connectivity index (χ0) is 25.2. The Balaban J connectivity index is 1.57. The van der Waals surface area contributed by atoms with E-state index in [4.69, 9.17) is 15.2 Å². The number of anilines is 1. The number of carbonyl (C=O) groups is 1. The van der Waals surface area contributed by atoms with E-state index < -0.39 is 12.0 Å². The maximum absolute atomic E-state index is 15.5. The third kappa shape index (κ3) is 5.16. The minimum Gasteiger partial charge on any atom is -0.491 e. The number of halogens is 1. The van der Waals surface area contributed by atoms with Crippen molar-refractivity contribution in [3.8, 4) is 22.6 Å². The van der Waals surface area contributed by atoms with Gasteiger partial charge in [-0.3, -0.25) is 4.79 Å². The molecule has 3 aromatic carbocycles. The normalized spacial score (nSPS) is 17.6. The molecular weight excluding hydrogens is 459 g/mol. The molecule has 0 saturated heterocycles. The van der Waals surface area contributed by atoms with Gasteiger partial charge in [-0.05, 0) is 49.4 Å². The molecule has 1 aliphatic heterocycles. The predicted octanol–water partition coefficient (Wildman–Crippen LogP) is 5.86. The molecule has 0 radical (unpaired) electrons. The molecule has 0 spiro atoms. The van der Waals surface area contributed by atoms with Crippen LogP contribution in [0.15, 0.2) is 54.6 Å². The van der Waals surface area contributed by atoms with Crippen LogP contribution in [0.2, 0.25) is 0 Å². The maximum atomic E-state index is 15.5. The molecule has 2 atom stereocenters. The third-order valence-corrected chi connectivity index (χ3v) is 6.78. The van der Waals surface area contributed by atoms with Crippen LogP contribution in [0.25, 0.3) is 11.1 Å². The van der Waals surface area contributed by atoms with Crippen LogP contribution in [-0.2, 0) is 11.2 Å². The summed E-state index contributed by atoms with van der Waals surface area (Å²) in [6.07, 6.45) is 2.49. The van der Waals surface area contributed by atoms with E-state index in [1.165, 1.54) is 12.8 Å². The summed E-state index contributed by atoms with van der Waals surface area (Å²) in [5, 5.41) is 12.8. The first-order valence-electron chi connectivity index (χ1n) is 12.5. The summed E-state index contributed by atoms with van der Waals surface area (Å²) in [6.45, 7) is 3.06. The van der Waals surface area contributed by atoms with Gasteiger partial charge in [-0.1, -0.05) is 36.4 Å². The van der Waals surface area contributed by atoms with Crippen molar-refractivity contribution in [1.29, 1.82) is 0 Å². The van der Waals surface area contributed by atoms with E-state index >= 15 is 4.39 Å². The predicted molar refractivity (Wildman–Crippen MR) is 137 cm³/mol. The number of carboxylic acids is 1. The molecule has 2 aliphatic rings. The summed E-state index contributed by atoms with van der Waals surface area (Å²) >= 11 is 0. The lowest BCUT2D eigenvalue weighted by molar-refractivity contribution is -0.136. The highest BCUT2D eigenvalue weighted by molar-refractivity contribution is 5.76. The standard InChI is InChI=1S/C29H31FN2O4/c1-17(31)21-6-4-7-22(28(21)30)20-13-23-26(36-25-8-3-2-5-19(25)15-27(33)34)11-12-35-29(23)24(14-20)32-16-18-9-10-18/h2-8,13-14,17-18,26,32H,9-12,15-16,31H2,1H3,(H,33,34)/t17-,26?/m1/s1. The van der Waals surface area contributed by atoms with Gasteiger partial charge in [0.15, 0.2) is 0 Å². The number of aliphatic carboxylic acids is 1. The van der Waals surface area contributed by atoms with Crippen molar-refractivity contribution in [3.63, 3.8) is 0 Å². The minimum absolute atomic E-state index is 0.129. The Hall–Kier alpha value is -3.58. The first kappa shape index (κ1) is 24.1. The maximum Gasteiger partial charge on any atom is 0.307 e. The zero-order valence-corrected chi connectivity index (χ0v) is 20.3. The number of nitrogens with one attached hydrogen (secondary N) is 1. The van der Waals surface area contributed by atoms with Gasteiger partial charge in [-0.2, -0.15) is 0 Å². The lowest BCUT2D eigenvalue weighted by Gasteiger charge is -2.30.